The van der Waals surface area contributed by atoms with Gasteiger partial charge in [0.05, 0.1) is 21.5 Å². The van der Waals surface area contributed by atoms with Crippen LogP contribution in [0.3, 0.4) is 0 Å². The summed E-state index contributed by atoms with van der Waals surface area (Å²) in [6.07, 6.45) is 0. The van der Waals surface area contributed by atoms with Gasteiger partial charge in [0.15, 0.2) is 0 Å². The molecule has 0 aliphatic carbocycles. The topological polar surface area (TPSA) is 160 Å². The van der Waals surface area contributed by atoms with Gasteiger partial charge in [0.25, 0.3) is 15.7 Å². The third-order valence-corrected chi connectivity index (χ3v) is 5.64. The molecule has 2 N–H and O–H groups in total. The van der Waals surface area contributed by atoms with E-state index < -0.39 is 32.4 Å². The summed E-state index contributed by atoms with van der Waals surface area (Å²) in [7, 11) is -4.20. The lowest BCUT2D eigenvalue weighted by molar-refractivity contribution is -0.385. The number of benzene rings is 3. The van der Waals surface area contributed by atoms with Gasteiger partial charge in [-0.1, -0.05) is 18.2 Å². The highest BCUT2D eigenvalue weighted by atomic mass is 32.2. The molecule has 3 aromatic rings. The molecule has 0 bridgehead atoms. The summed E-state index contributed by atoms with van der Waals surface area (Å²) in [5.41, 5.74) is 0.323. The van der Waals surface area contributed by atoms with Crippen molar-refractivity contribution in [2.75, 3.05) is 4.72 Å². The fourth-order valence-electron chi connectivity index (χ4n) is 2.64. The van der Waals surface area contributed by atoms with E-state index in [1.54, 1.807) is 24.3 Å². The van der Waals surface area contributed by atoms with Crippen LogP contribution in [0.5, 0.6) is 5.75 Å². The average molecular weight is 453 g/mol. The van der Waals surface area contributed by atoms with Gasteiger partial charge in [0.1, 0.15) is 17.9 Å². The van der Waals surface area contributed by atoms with Gasteiger partial charge >= 0.3 is 5.97 Å². The molecule has 0 radical (unpaired) electrons. The van der Waals surface area contributed by atoms with Gasteiger partial charge in [-0.3, -0.25) is 14.8 Å². The summed E-state index contributed by atoms with van der Waals surface area (Å²) in [5, 5.41) is 29.7. The summed E-state index contributed by atoms with van der Waals surface area (Å²) < 4.78 is 32.5. The van der Waals surface area contributed by atoms with E-state index in [-0.39, 0.29) is 22.8 Å². The number of phenols is 1. The van der Waals surface area contributed by atoms with Gasteiger partial charge in [0, 0.05) is 17.8 Å². The molecule has 10 nitrogen and oxygen atoms in total. The van der Waals surface area contributed by atoms with E-state index in [1.165, 1.54) is 18.2 Å². The van der Waals surface area contributed by atoms with Crippen LogP contribution >= 0.6 is 0 Å². The predicted molar refractivity (Wildman–Crippen MR) is 112 cm³/mol. The second-order valence-corrected chi connectivity index (χ2v) is 8.16. The number of carbonyl (C=O) groups is 1. The Labute approximate surface area is 182 Å². The van der Waals surface area contributed by atoms with Gasteiger partial charge in [-0.05, 0) is 42.0 Å². The molecule has 0 aliphatic heterocycles. The zero-order valence-electron chi connectivity index (χ0n) is 16.3. The predicted octanol–water partition coefficient (Wildman–Crippen LogP) is 3.33. The number of ether oxygens (including phenoxy) is 1. The highest BCUT2D eigenvalue weighted by molar-refractivity contribution is 7.92. The number of hydrogen-bond donors (Lipinski definition) is 2. The number of non-ortho nitro benzene ring substituents is 1. The van der Waals surface area contributed by atoms with Crippen molar-refractivity contribution in [1.29, 1.82) is 5.26 Å². The van der Waals surface area contributed by atoms with Gasteiger partial charge in [-0.25, -0.2) is 13.2 Å². The van der Waals surface area contributed by atoms with Crippen molar-refractivity contribution in [3.05, 3.63) is 93.5 Å². The molecule has 11 heteroatoms. The molecule has 0 atom stereocenters. The van der Waals surface area contributed by atoms with Crippen LogP contribution in [-0.2, 0) is 21.4 Å². The molecule has 0 aromatic heterocycles. The van der Waals surface area contributed by atoms with Gasteiger partial charge in [-0.2, -0.15) is 5.26 Å². The number of aromatic hydroxyl groups is 1. The number of nitrogens with one attached hydrogen (secondary N) is 1. The first kappa shape index (κ1) is 22.3. The Kier molecular flexibility index (Phi) is 6.37. The maximum Gasteiger partial charge on any atom is 0.342 e. The minimum atomic E-state index is -4.20. The number of carbonyl (C=O) groups excluding carboxylic acids is 1. The average Bonchev–Trinajstić information content (AvgIpc) is 2.79. The summed E-state index contributed by atoms with van der Waals surface area (Å²) in [5.74, 6) is -1.32. The van der Waals surface area contributed by atoms with Crippen molar-refractivity contribution in [1.82, 2.24) is 0 Å². The van der Waals surface area contributed by atoms with Gasteiger partial charge in [0.2, 0.25) is 0 Å². The van der Waals surface area contributed by atoms with Gasteiger partial charge < -0.3 is 9.84 Å². The summed E-state index contributed by atoms with van der Waals surface area (Å²) in [6.45, 7) is -0.131. The van der Waals surface area contributed by atoms with E-state index in [9.17, 15) is 28.4 Å². The normalized spacial score (nSPS) is 10.7. The minimum absolute atomic E-state index is 0.0559. The zero-order valence-corrected chi connectivity index (χ0v) is 17.1. The second-order valence-electron chi connectivity index (χ2n) is 6.48. The van der Waals surface area contributed by atoms with E-state index in [2.05, 4.69) is 4.72 Å². The lowest BCUT2D eigenvalue weighted by atomic mass is 10.1. The monoisotopic (exact) mass is 453 g/mol. The number of hydrogen-bond acceptors (Lipinski definition) is 8. The molecule has 0 saturated carbocycles. The van der Waals surface area contributed by atoms with Crippen molar-refractivity contribution in [2.45, 2.75) is 11.5 Å². The molecular formula is C21H15N3O7S. The number of rotatable bonds is 7. The fourth-order valence-corrected chi connectivity index (χ4v) is 3.73. The Hall–Kier alpha value is -4.43. The Morgan fingerprint density at radius 1 is 1.12 bits per heavy atom. The van der Waals surface area contributed by atoms with E-state index >= 15 is 0 Å². The number of sulfonamides is 1. The highest BCUT2D eigenvalue weighted by Crippen LogP contribution is 2.26. The lowest BCUT2D eigenvalue weighted by Gasteiger charge is -2.11. The summed E-state index contributed by atoms with van der Waals surface area (Å²) in [6, 6.07) is 16.2. The minimum Gasteiger partial charge on any atom is -0.507 e. The number of esters is 1. The van der Waals surface area contributed by atoms with E-state index in [4.69, 9.17) is 10.00 Å². The third kappa shape index (κ3) is 5.18. The Balaban J connectivity index is 1.77. The standard InChI is InChI=1S/C21H15N3O7S/c22-12-14-4-6-15(7-5-14)13-31-21(26)19-10-16(8-9-20(19)25)23-32(29,30)18-3-1-2-17(11-18)24(27)28/h1-11,23,25H,13H2. The Morgan fingerprint density at radius 2 is 1.84 bits per heavy atom. The number of phenolic OH excluding ortho intramolecular Hbond substituents is 1. The SMILES string of the molecule is N#Cc1ccc(COC(=O)c2cc(NS(=O)(=O)c3cccc([N+](=O)[O-])c3)ccc2O)cc1. The third-order valence-electron chi connectivity index (χ3n) is 4.26. The quantitative estimate of drug-likeness (QED) is 0.238. The second kappa shape index (κ2) is 9.15. The molecule has 0 unspecified atom stereocenters. The molecule has 0 spiro atoms. The molecule has 0 saturated heterocycles. The van der Waals surface area contributed by atoms with E-state index in [0.717, 1.165) is 24.3 Å². The molecule has 32 heavy (non-hydrogen) atoms. The van der Waals surface area contributed by atoms with Gasteiger partial charge in [-0.15, -0.1) is 0 Å². The number of nitro benzene ring substituents is 1. The van der Waals surface area contributed by atoms with Crippen LogP contribution in [0, 0.1) is 21.4 Å². The molecule has 0 aliphatic rings. The van der Waals surface area contributed by atoms with E-state index in [1.807, 2.05) is 6.07 Å². The van der Waals surface area contributed by atoms with Crippen LogP contribution in [0.2, 0.25) is 0 Å². The number of nitrogens with zero attached hydrogens (tertiary/aromatic N) is 2. The maximum absolute atomic E-state index is 12.6. The zero-order chi connectivity index (χ0) is 23.3. The van der Waals surface area contributed by atoms with Crippen LogP contribution in [0.15, 0.2) is 71.6 Å². The smallest absolute Gasteiger partial charge is 0.342 e. The summed E-state index contributed by atoms with van der Waals surface area (Å²) >= 11 is 0. The van der Waals surface area contributed by atoms with Crippen molar-refractivity contribution in [2.24, 2.45) is 0 Å². The lowest BCUT2D eigenvalue weighted by Crippen LogP contribution is -2.14. The van der Waals surface area contributed by atoms with Crippen molar-refractivity contribution >= 4 is 27.4 Å². The fraction of sp³-hybridized carbons (Fsp3) is 0.0476. The van der Waals surface area contributed by atoms with Crippen LogP contribution in [0.1, 0.15) is 21.5 Å². The largest absolute Gasteiger partial charge is 0.507 e. The number of anilines is 1. The van der Waals surface area contributed by atoms with Crippen molar-refractivity contribution in [3.8, 4) is 11.8 Å². The van der Waals surface area contributed by atoms with Crippen LogP contribution in [-0.4, -0.2) is 24.4 Å². The number of nitro groups is 1. The van der Waals surface area contributed by atoms with Crippen LogP contribution in [0.25, 0.3) is 0 Å². The molecule has 0 heterocycles. The molecule has 162 valence electrons. The molecular weight excluding hydrogens is 438 g/mol. The molecule has 3 aromatic carbocycles. The maximum atomic E-state index is 12.6. The Morgan fingerprint density at radius 3 is 2.50 bits per heavy atom. The first-order valence-corrected chi connectivity index (χ1v) is 10.4. The molecule has 0 fully saturated rings. The van der Waals surface area contributed by atoms with Crippen molar-refractivity contribution in [3.63, 3.8) is 0 Å². The first-order chi connectivity index (χ1) is 15.2. The van der Waals surface area contributed by atoms with Crippen molar-refractivity contribution < 1.29 is 28.0 Å². The van der Waals surface area contributed by atoms with Crippen LogP contribution < -0.4 is 4.72 Å². The molecule has 0 amide bonds. The molecule has 3 rings (SSSR count). The summed E-state index contributed by atoms with van der Waals surface area (Å²) in [4.78, 5) is 22.2. The van der Waals surface area contributed by atoms with Crippen LogP contribution in [0.4, 0.5) is 11.4 Å². The number of nitriles is 1. The van der Waals surface area contributed by atoms with E-state index in [0.29, 0.717) is 11.1 Å². The highest BCUT2D eigenvalue weighted by Gasteiger charge is 2.20. The first-order valence-electron chi connectivity index (χ1n) is 8.96. The Bertz CT molecular complexity index is 1330.